The van der Waals surface area contributed by atoms with Gasteiger partial charge in [-0.2, -0.15) is 0 Å². The number of hydrogen-bond donors (Lipinski definition) is 1. The summed E-state index contributed by atoms with van der Waals surface area (Å²) in [6.07, 6.45) is -0.523. The Morgan fingerprint density at radius 1 is 1.17 bits per heavy atom. The lowest BCUT2D eigenvalue weighted by Crippen LogP contribution is -2.09. The molecular formula is C15H18N2O6. The quantitative estimate of drug-likeness (QED) is 0.373. The number of aryl methyl sites for hydroxylation is 1. The number of nitrogens with zero attached hydrogens (tertiary/aromatic N) is 2. The number of aliphatic hydroxyl groups excluding tert-OH is 1. The summed E-state index contributed by atoms with van der Waals surface area (Å²) in [5, 5.41) is 17.5. The number of rotatable bonds is 6. The number of esters is 2. The second-order valence-corrected chi connectivity index (χ2v) is 4.37. The highest BCUT2D eigenvalue weighted by atomic mass is 16.5. The third-order valence-electron chi connectivity index (χ3n) is 2.86. The molecule has 0 fully saturated rings. The average molecular weight is 322 g/mol. The van der Waals surface area contributed by atoms with E-state index in [1.807, 2.05) is 0 Å². The number of methoxy groups -OCH3 is 3. The van der Waals surface area contributed by atoms with Gasteiger partial charge in [-0.05, 0) is 18.6 Å². The molecule has 0 saturated heterocycles. The number of azo groups is 1. The summed E-state index contributed by atoms with van der Waals surface area (Å²) in [4.78, 5) is 22.9. The number of carbonyl (C=O) groups excluding carboxylic acids is 2. The third-order valence-corrected chi connectivity index (χ3v) is 2.86. The molecule has 0 amide bonds. The van der Waals surface area contributed by atoms with Crippen molar-refractivity contribution in [3.8, 4) is 5.75 Å². The van der Waals surface area contributed by atoms with Crippen LogP contribution in [0.3, 0.4) is 0 Å². The van der Waals surface area contributed by atoms with Crippen molar-refractivity contribution in [2.24, 2.45) is 10.2 Å². The highest BCUT2D eigenvalue weighted by Crippen LogP contribution is 2.31. The molecule has 23 heavy (non-hydrogen) atoms. The van der Waals surface area contributed by atoms with Gasteiger partial charge >= 0.3 is 11.9 Å². The minimum atomic E-state index is -0.928. The van der Waals surface area contributed by atoms with Crippen LogP contribution in [-0.2, 0) is 19.1 Å². The summed E-state index contributed by atoms with van der Waals surface area (Å²) in [6, 6.07) is 5.24. The van der Waals surface area contributed by atoms with Gasteiger partial charge in [0.1, 0.15) is 23.6 Å². The van der Waals surface area contributed by atoms with E-state index in [0.717, 1.165) is 19.8 Å². The Morgan fingerprint density at radius 3 is 2.43 bits per heavy atom. The number of carbonyl (C=O) groups is 2. The molecule has 1 rings (SSSR count). The molecule has 0 aliphatic carbocycles. The van der Waals surface area contributed by atoms with Crippen LogP contribution >= 0.6 is 0 Å². The smallest absolute Gasteiger partial charge is 0.362 e. The van der Waals surface area contributed by atoms with E-state index in [0.29, 0.717) is 11.4 Å². The van der Waals surface area contributed by atoms with Gasteiger partial charge in [0.2, 0.25) is 5.70 Å². The average Bonchev–Trinajstić information content (AvgIpc) is 2.55. The van der Waals surface area contributed by atoms with Crippen LogP contribution in [-0.4, -0.2) is 38.4 Å². The largest absolute Gasteiger partial charge is 0.509 e. The van der Waals surface area contributed by atoms with Crippen LogP contribution in [0.15, 0.2) is 39.9 Å². The molecule has 0 heterocycles. The van der Waals surface area contributed by atoms with Crippen molar-refractivity contribution in [1.29, 1.82) is 0 Å². The van der Waals surface area contributed by atoms with Crippen LogP contribution in [0.25, 0.3) is 0 Å². The van der Waals surface area contributed by atoms with E-state index in [-0.39, 0.29) is 0 Å². The summed E-state index contributed by atoms with van der Waals surface area (Å²) in [7, 11) is 3.75. The van der Waals surface area contributed by atoms with Crippen molar-refractivity contribution in [2.45, 2.75) is 13.3 Å². The number of ether oxygens (including phenoxy) is 3. The van der Waals surface area contributed by atoms with Gasteiger partial charge in [0, 0.05) is 0 Å². The lowest BCUT2D eigenvalue weighted by molar-refractivity contribution is -0.140. The van der Waals surface area contributed by atoms with Crippen molar-refractivity contribution in [2.75, 3.05) is 21.3 Å². The fourth-order valence-electron chi connectivity index (χ4n) is 1.63. The molecule has 124 valence electrons. The molecule has 0 aromatic heterocycles. The topological polar surface area (TPSA) is 107 Å². The van der Waals surface area contributed by atoms with E-state index < -0.39 is 29.8 Å². The van der Waals surface area contributed by atoms with Crippen molar-refractivity contribution >= 4 is 17.6 Å². The van der Waals surface area contributed by atoms with Gasteiger partial charge in [-0.15, -0.1) is 10.2 Å². The Hall–Kier alpha value is -2.90. The van der Waals surface area contributed by atoms with Gasteiger partial charge in [0.05, 0.1) is 21.3 Å². The zero-order valence-corrected chi connectivity index (χ0v) is 13.3. The second-order valence-electron chi connectivity index (χ2n) is 4.37. The Kier molecular flexibility index (Phi) is 6.72. The van der Waals surface area contributed by atoms with E-state index >= 15 is 0 Å². The first-order valence-corrected chi connectivity index (χ1v) is 6.57. The lowest BCUT2D eigenvalue weighted by atomic mass is 10.2. The summed E-state index contributed by atoms with van der Waals surface area (Å²) < 4.78 is 14.1. The summed E-state index contributed by atoms with van der Waals surface area (Å²) in [5.74, 6) is -1.80. The van der Waals surface area contributed by atoms with E-state index in [2.05, 4.69) is 19.7 Å². The van der Waals surface area contributed by atoms with Gasteiger partial charge in [0.15, 0.2) is 0 Å². The van der Waals surface area contributed by atoms with Crippen LogP contribution < -0.4 is 4.74 Å². The van der Waals surface area contributed by atoms with Gasteiger partial charge < -0.3 is 19.3 Å². The van der Waals surface area contributed by atoms with E-state index in [4.69, 9.17) is 4.74 Å². The van der Waals surface area contributed by atoms with E-state index in [9.17, 15) is 14.7 Å². The Labute approximate surface area is 133 Å². The highest BCUT2D eigenvalue weighted by Gasteiger charge is 2.19. The molecule has 0 unspecified atom stereocenters. The van der Waals surface area contributed by atoms with Crippen molar-refractivity contribution in [3.63, 3.8) is 0 Å². The molecule has 0 spiro atoms. The molecule has 1 aromatic rings. The molecular weight excluding hydrogens is 304 g/mol. The first-order valence-electron chi connectivity index (χ1n) is 6.57. The predicted molar refractivity (Wildman–Crippen MR) is 80.6 cm³/mol. The van der Waals surface area contributed by atoms with Crippen molar-refractivity contribution in [3.05, 3.63) is 35.2 Å². The maximum Gasteiger partial charge on any atom is 0.362 e. The lowest BCUT2D eigenvalue weighted by Gasteiger charge is -2.07. The van der Waals surface area contributed by atoms with E-state index in [1.165, 1.54) is 7.11 Å². The molecule has 1 N–H and O–H groups in total. The number of benzene rings is 1. The Morgan fingerprint density at radius 2 is 1.87 bits per heavy atom. The highest BCUT2D eigenvalue weighted by molar-refractivity contribution is 5.89. The van der Waals surface area contributed by atoms with Crippen molar-refractivity contribution < 1.29 is 28.9 Å². The molecule has 0 aliphatic rings. The normalized spacial score (nSPS) is 11.8. The standard InChI is InChI=1S/C15H18N2O6/c1-9-6-5-7-11(21-2)13(9)16-17-14(15(20)23-4)10(18)8-12(19)22-3/h5-7,18H,8H2,1-4H3. The Balaban J connectivity index is 3.24. The molecule has 0 saturated carbocycles. The van der Waals surface area contributed by atoms with Gasteiger partial charge in [0.25, 0.3) is 0 Å². The van der Waals surface area contributed by atoms with Gasteiger partial charge in [-0.3, -0.25) is 4.79 Å². The summed E-state index contributed by atoms with van der Waals surface area (Å²) in [5.41, 5.74) is 0.662. The maximum absolute atomic E-state index is 11.7. The molecule has 0 bridgehead atoms. The van der Waals surface area contributed by atoms with Crippen LogP contribution in [0.2, 0.25) is 0 Å². The minimum absolute atomic E-state index is 0.391. The summed E-state index contributed by atoms with van der Waals surface area (Å²) in [6.45, 7) is 1.78. The Bertz CT molecular complexity index is 651. The maximum atomic E-state index is 11.7. The molecule has 8 heteroatoms. The van der Waals surface area contributed by atoms with Gasteiger partial charge in [-0.1, -0.05) is 12.1 Å². The SMILES string of the molecule is COC(=O)CC(O)=C(N=Nc1c(C)cccc1OC)C(=O)OC. The molecule has 0 radical (unpaired) electrons. The monoisotopic (exact) mass is 322 g/mol. The zero-order chi connectivity index (χ0) is 17.4. The van der Waals surface area contributed by atoms with Crippen LogP contribution in [0.1, 0.15) is 12.0 Å². The number of aliphatic hydroxyl groups is 1. The predicted octanol–water partition coefficient (Wildman–Crippen LogP) is 2.59. The fraction of sp³-hybridized carbons (Fsp3) is 0.333. The van der Waals surface area contributed by atoms with E-state index in [1.54, 1.807) is 25.1 Å². The van der Waals surface area contributed by atoms with Crippen LogP contribution in [0.5, 0.6) is 5.75 Å². The molecule has 1 aromatic carbocycles. The third kappa shape index (κ3) is 4.80. The summed E-state index contributed by atoms with van der Waals surface area (Å²) >= 11 is 0. The first-order chi connectivity index (χ1) is 10.9. The van der Waals surface area contributed by atoms with Crippen LogP contribution in [0.4, 0.5) is 5.69 Å². The fourth-order valence-corrected chi connectivity index (χ4v) is 1.63. The molecule has 0 aliphatic heterocycles. The number of hydrogen-bond acceptors (Lipinski definition) is 8. The minimum Gasteiger partial charge on any atom is -0.509 e. The van der Waals surface area contributed by atoms with Crippen LogP contribution in [0, 0.1) is 6.92 Å². The molecule has 0 atom stereocenters. The van der Waals surface area contributed by atoms with Crippen molar-refractivity contribution in [1.82, 2.24) is 0 Å². The second kappa shape index (κ2) is 8.52. The first kappa shape index (κ1) is 18.1. The zero-order valence-electron chi connectivity index (χ0n) is 13.3. The van der Waals surface area contributed by atoms with Gasteiger partial charge in [-0.25, -0.2) is 4.79 Å². The molecule has 8 nitrogen and oxygen atoms in total.